The highest BCUT2D eigenvalue weighted by Crippen LogP contribution is 2.40. The van der Waals surface area contributed by atoms with Crippen molar-refractivity contribution in [3.63, 3.8) is 0 Å². The number of thioether (sulfide) groups is 1. The largest absolute Gasteiger partial charge is 0.432 e. The number of hydrogen-bond acceptors (Lipinski definition) is 2. The normalized spacial score (nSPS) is 10.7. The summed E-state index contributed by atoms with van der Waals surface area (Å²) >= 11 is 7.75. The van der Waals surface area contributed by atoms with Crippen molar-refractivity contribution in [1.82, 2.24) is 0 Å². The van der Waals surface area contributed by atoms with Crippen LogP contribution in [-0.4, -0.2) is 12.9 Å². The number of alkyl halides is 2. The summed E-state index contributed by atoms with van der Waals surface area (Å²) in [7, 11) is 0. The Kier molecular flexibility index (Phi) is 4.66. The van der Waals surface area contributed by atoms with Crippen LogP contribution in [0.1, 0.15) is 0 Å². The third kappa shape index (κ3) is 2.84. The molecule has 0 saturated heterocycles. The van der Waals surface area contributed by atoms with Gasteiger partial charge in [-0.25, -0.2) is 0 Å². The minimum atomic E-state index is -2.81. The molecule has 0 N–H and O–H groups in total. The molecule has 0 atom stereocenters. The van der Waals surface area contributed by atoms with Gasteiger partial charge in [0.05, 0.1) is 9.37 Å². The van der Waals surface area contributed by atoms with Crippen LogP contribution in [0.25, 0.3) is 0 Å². The van der Waals surface area contributed by atoms with Crippen molar-refractivity contribution in [3.8, 4) is 5.75 Å². The molecule has 0 amide bonds. The van der Waals surface area contributed by atoms with Crippen LogP contribution in [0.15, 0.2) is 26.0 Å². The van der Waals surface area contributed by atoms with Gasteiger partial charge in [0.15, 0.2) is 5.75 Å². The van der Waals surface area contributed by atoms with E-state index < -0.39 is 6.61 Å². The molecule has 0 aromatic heterocycles. The van der Waals surface area contributed by atoms with Gasteiger partial charge in [-0.15, -0.1) is 11.8 Å². The molecule has 0 aliphatic carbocycles. The summed E-state index contributed by atoms with van der Waals surface area (Å²) in [5, 5.41) is 0. The maximum absolute atomic E-state index is 12.1. The van der Waals surface area contributed by atoms with Crippen molar-refractivity contribution in [2.24, 2.45) is 0 Å². The fraction of sp³-hybridized carbons (Fsp3) is 0.250. The monoisotopic (exact) mass is 346 g/mol. The number of ether oxygens (including phenoxy) is 1. The van der Waals surface area contributed by atoms with Crippen molar-refractivity contribution in [2.75, 3.05) is 6.26 Å². The standard InChI is InChI=1S/C8H6Br2F2OS/c1-14-5-3-2-4(9)6(10)7(5)13-8(11)12/h2-3,8H,1H3. The lowest BCUT2D eigenvalue weighted by Gasteiger charge is -2.11. The Balaban J connectivity index is 3.14. The number of hydrogen-bond donors (Lipinski definition) is 0. The molecule has 14 heavy (non-hydrogen) atoms. The highest BCUT2D eigenvalue weighted by atomic mass is 79.9. The van der Waals surface area contributed by atoms with Crippen LogP contribution >= 0.6 is 43.6 Å². The zero-order chi connectivity index (χ0) is 10.7. The van der Waals surface area contributed by atoms with Crippen LogP contribution in [0, 0.1) is 0 Å². The smallest absolute Gasteiger partial charge is 0.387 e. The van der Waals surface area contributed by atoms with E-state index in [1.165, 1.54) is 11.8 Å². The Morgan fingerprint density at radius 2 is 2.00 bits per heavy atom. The molecular weight excluding hydrogens is 342 g/mol. The minimum absolute atomic E-state index is 0.168. The molecule has 0 saturated carbocycles. The molecule has 0 heterocycles. The van der Waals surface area contributed by atoms with Crippen molar-refractivity contribution in [1.29, 1.82) is 0 Å². The van der Waals surface area contributed by atoms with E-state index in [4.69, 9.17) is 0 Å². The first-order chi connectivity index (χ1) is 6.56. The second-order valence-corrected chi connectivity index (χ2v) is 4.77. The number of benzene rings is 1. The summed E-state index contributed by atoms with van der Waals surface area (Å²) in [5.74, 6) is 0.168. The number of halogens is 4. The van der Waals surface area contributed by atoms with Crippen molar-refractivity contribution in [2.45, 2.75) is 11.5 Å². The predicted molar refractivity (Wildman–Crippen MR) is 60.3 cm³/mol. The molecule has 0 fully saturated rings. The van der Waals surface area contributed by atoms with Crippen LogP contribution in [0.2, 0.25) is 0 Å². The van der Waals surface area contributed by atoms with Gasteiger partial charge in [0.25, 0.3) is 0 Å². The lowest BCUT2D eigenvalue weighted by atomic mass is 10.3. The molecule has 0 aliphatic heterocycles. The summed E-state index contributed by atoms with van der Waals surface area (Å²) in [5.41, 5.74) is 0. The van der Waals surface area contributed by atoms with Gasteiger partial charge in [-0.2, -0.15) is 8.78 Å². The molecule has 0 unspecified atom stereocenters. The highest BCUT2D eigenvalue weighted by Gasteiger charge is 2.15. The first-order valence-electron chi connectivity index (χ1n) is 3.53. The van der Waals surface area contributed by atoms with Crippen LogP contribution in [0.4, 0.5) is 8.78 Å². The lowest BCUT2D eigenvalue weighted by molar-refractivity contribution is -0.0522. The summed E-state index contributed by atoms with van der Waals surface area (Å²) in [6, 6.07) is 3.49. The van der Waals surface area contributed by atoms with Crippen LogP contribution < -0.4 is 4.74 Å². The highest BCUT2D eigenvalue weighted by molar-refractivity contribution is 9.13. The van der Waals surface area contributed by atoms with Crippen molar-refractivity contribution < 1.29 is 13.5 Å². The summed E-state index contributed by atoms with van der Waals surface area (Å²) < 4.78 is 29.8. The van der Waals surface area contributed by atoms with E-state index in [2.05, 4.69) is 36.6 Å². The van der Waals surface area contributed by atoms with Crippen LogP contribution in [0.3, 0.4) is 0 Å². The maximum Gasteiger partial charge on any atom is 0.387 e. The fourth-order valence-electron chi connectivity index (χ4n) is 0.874. The molecule has 0 radical (unpaired) electrons. The van der Waals surface area contributed by atoms with Crippen molar-refractivity contribution >= 4 is 43.6 Å². The summed E-state index contributed by atoms with van der Waals surface area (Å²) in [6.07, 6.45) is 1.80. The Bertz CT molecular complexity index is 333. The molecule has 0 spiro atoms. The first-order valence-corrected chi connectivity index (χ1v) is 6.34. The Morgan fingerprint density at radius 1 is 1.36 bits per heavy atom. The second-order valence-electron chi connectivity index (χ2n) is 2.27. The summed E-state index contributed by atoms with van der Waals surface area (Å²) in [4.78, 5) is 0.667. The van der Waals surface area contributed by atoms with E-state index in [0.29, 0.717) is 13.8 Å². The zero-order valence-electron chi connectivity index (χ0n) is 7.06. The van der Waals surface area contributed by atoms with Gasteiger partial charge in [-0.05, 0) is 50.2 Å². The van der Waals surface area contributed by atoms with E-state index in [0.717, 1.165) is 0 Å². The van der Waals surface area contributed by atoms with E-state index in [1.54, 1.807) is 18.4 Å². The van der Waals surface area contributed by atoms with Crippen molar-refractivity contribution in [3.05, 3.63) is 21.1 Å². The topological polar surface area (TPSA) is 9.23 Å². The van der Waals surface area contributed by atoms with E-state index >= 15 is 0 Å². The fourth-order valence-corrected chi connectivity index (χ4v) is 2.30. The van der Waals surface area contributed by atoms with E-state index in [-0.39, 0.29) is 5.75 Å². The van der Waals surface area contributed by atoms with Gasteiger partial charge in [-0.1, -0.05) is 0 Å². The molecule has 78 valence electrons. The first kappa shape index (κ1) is 12.3. The number of rotatable bonds is 3. The molecule has 1 nitrogen and oxygen atoms in total. The van der Waals surface area contributed by atoms with Gasteiger partial charge in [0.2, 0.25) is 0 Å². The van der Waals surface area contributed by atoms with Gasteiger partial charge < -0.3 is 4.74 Å². The molecule has 1 rings (SSSR count). The molecule has 6 heteroatoms. The van der Waals surface area contributed by atoms with Gasteiger partial charge in [0, 0.05) is 4.47 Å². The molecule has 0 bridgehead atoms. The third-order valence-corrected chi connectivity index (χ3v) is 4.18. The summed E-state index contributed by atoms with van der Waals surface area (Å²) in [6.45, 7) is -2.81. The Morgan fingerprint density at radius 3 is 2.50 bits per heavy atom. The van der Waals surface area contributed by atoms with Crippen LogP contribution in [-0.2, 0) is 0 Å². The van der Waals surface area contributed by atoms with E-state index in [1.807, 2.05) is 0 Å². The van der Waals surface area contributed by atoms with Gasteiger partial charge >= 0.3 is 6.61 Å². The molecule has 1 aromatic rings. The molecule has 0 aliphatic rings. The zero-order valence-corrected chi connectivity index (χ0v) is 11.0. The quantitative estimate of drug-likeness (QED) is 0.742. The van der Waals surface area contributed by atoms with E-state index in [9.17, 15) is 8.78 Å². The predicted octanol–water partition coefficient (Wildman–Crippen LogP) is 4.53. The van der Waals surface area contributed by atoms with Gasteiger partial charge in [-0.3, -0.25) is 0 Å². The van der Waals surface area contributed by atoms with Crippen LogP contribution in [0.5, 0.6) is 5.75 Å². The second kappa shape index (κ2) is 5.32. The lowest BCUT2D eigenvalue weighted by Crippen LogP contribution is -2.03. The third-order valence-electron chi connectivity index (χ3n) is 1.44. The Labute approximate surface area is 101 Å². The molecular formula is C8H6Br2F2OS. The SMILES string of the molecule is CSc1ccc(Br)c(Br)c1OC(F)F. The molecule has 1 aromatic carbocycles. The maximum atomic E-state index is 12.1. The average Bonchev–Trinajstić information content (AvgIpc) is 2.13. The average molecular weight is 348 g/mol. The van der Waals surface area contributed by atoms with Gasteiger partial charge in [0.1, 0.15) is 0 Å². The Hall–Kier alpha value is 0.190. The minimum Gasteiger partial charge on any atom is -0.432 e.